The van der Waals surface area contributed by atoms with Gasteiger partial charge in [0.15, 0.2) is 5.96 Å². The molecule has 1 aliphatic rings. The van der Waals surface area contributed by atoms with Crippen molar-refractivity contribution in [1.29, 1.82) is 0 Å². The monoisotopic (exact) mass is 301 g/mol. The van der Waals surface area contributed by atoms with Crippen LogP contribution in [-0.2, 0) is 6.54 Å². The minimum absolute atomic E-state index is 0.699. The van der Waals surface area contributed by atoms with Gasteiger partial charge in [0.05, 0.1) is 0 Å². The largest absolute Gasteiger partial charge is 0.357 e. The highest BCUT2D eigenvalue weighted by atomic mass is 15.2. The van der Waals surface area contributed by atoms with Crippen LogP contribution in [0.5, 0.6) is 0 Å². The van der Waals surface area contributed by atoms with Crippen LogP contribution in [0.3, 0.4) is 0 Å². The lowest BCUT2D eigenvalue weighted by atomic mass is 9.99. The lowest BCUT2D eigenvalue weighted by molar-refractivity contribution is 0.436. The summed E-state index contributed by atoms with van der Waals surface area (Å²) >= 11 is 0. The lowest BCUT2D eigenvalue weighted by Crippen LogP contribution is -2.36. The van der Waals surface area contributed by atoms with Gasteiger partial charge in [0.1, 0.15) is 5.82 Å². The van der Waals surface area contributed by atoms with Crippen LogP contribution in [0.25, 0.3) is 0 Å². The van der Waals surface area contributed by atoms with Crippen LogP contribution in [-0.4, -0.2) is 37.6 Å². The van der Waals surface area contributed by atoms with Crippen LogP contribution in [0.4, 0.5) is 5.82 Å². The maximum Gasteiger partial charge on any atom is 0.191 e. The second kappa shape index (κ2) is 8.41. The van der Waals surface area contributed by atoms with Crippen molar-refractivity contribution in [2.75, 3.05) is 31.6 Å². The number of anilines is 1. The molecule has 1 saturated heterocycles. The number of nitrogens with zero attached hydrogens (tertiary/aromatic N) is 3. The molecule has 1 aromatic heterocycles. The molecule has 0 spiro atoms. The first-order chi connectivity index (χ1) is 10.7. The standard InChI is InChI=1S/C17H27N5/c1-4-9-19-17(18-3)21-13-15-5-6-16(20-12-15)22-10-7-14(2)8-11-22/h4-6,12,14H,1,7-11,13H2,2-3H3,(H2,18,19,21). The third-order valence-corrected chi connectivity index (χ3v) is 4.01. The van der Waals surface area contributed by atoms with Gasteiger partial charge in [-0.15, -0.1) is 6.58 Å². The summed E-state index contributed by atoms with van der Waals surface area (Å²) in [5, 5.41) is 6.41. The number of hydrogen-bond donors (Lipinski definition) is 2. The van der Waals surface area contributed by atoms with Gasteiger partial charge in [-0.1, -0.05) is 19.1 Å². The minimum Gasteiger partial charge on any atom is -0.357 e. The molecule has 0 radical (unpaired) electrons. The number of nitrogens with one attached hydrogen (secondary N) is 2. The maximum atomic E-state index is 4.60. The highest BCUT2D eigenvalue weighted by Crippen LogP contribution is 2.21. The molecule has 2 rings (SSSR count). The predicted molar refractivity (Wildman–Crippen MR) is 93.2 cm³/mol. The maximum absolute atomic E-state index is 4.60. The Bertz CT molecular complexity index is 486. The molecule has 22 heavy (non-hydrogen) atoms. The van der Waals surface area contributed by atoms with Gasteiger partial charge in [-0.05, 0) is 30.4 Å². The average molecular weight is 301 g/mol. The predicted octanol–water partition coefficient (Wildman–Crippen LogP) is 2.17. The molecular formula is C17H27N5. The number of hydrogen-bond acceptors (Lipinski definition) is 3. The number of aliphatic imine (C=N–C) groups is 1. The molecule has 0 unspecified atom stereocenters. The third-order valence-electron chi connectivity index (χ3n) is 4.01. The summed E-state index contributed by atoms with van der Waals surface area (Å²) in [4.78, 5) is 11.1. The molecule has 2 heterocycles. The summed E-state index contributed by atoms with van der Waals surface area (Å²) in [7, 11) is 1.76. The van der Waals surface area contributed by atoms with E-state index in [1.807, 2.05) is 12.3 Å². The molecular weight excluding hydrogens is 274 g/mol. The second-order valence-corrected chi connectivity index (χ2v) is 5.79. The summed E-state index contributed by atoms with van der Waals surface area (Å²) < 4.78 is 0. The topological polar surface area (TPSA) is 52.6 Å². The van der Waals surface area contributed by atoms with Crippen molar-refractivity contribution in [2.24, 2.45) is 10.9 Å². The molecule has 0 saturated carbocycles. The zero-order chi connectivity index (χ0) is 15.8. The first-order valence-electron chi connectivity index (χ1n) is 7.98. The molecule has 0 aliphatic carbocycles. The van der Waals surface area contributed by atoms with E-state index in [1.165, 1.54) is 12.8 Å². The van der Waals surface area contributed by atoms with Crippen molar-refractivity contribution in [1.82, 2.24) is 15.6 Å². The van der Waals surface area contributed by atoms with E-state index in [0.29, 0.717) is 13.1 Å². The van der Waals surface area contributed by atoms with Gasteiger partial charge in [-0.2, -0.15) is 0 Å². The summed E-state index contributed by atoms with van der Waals surface area (Å²) in [6.07, 6.45) is 6.27. The molecule has 0 aromatic carbocycles. The molecule has 5 nitrogen and oxygen atoms in total. The van der Waals surface area contributed by atoms with E-state index in [4.69, 9.17) is 0 Å². The smallest absolute Gasteiger partial charge is 0.191 e. The number of pyridine rings is 1. The molecule has 0 atom stereocenters. The van der Waals surface area contributed by atoms with Crippen LogP contribution < -0.4 is 15.5 Å². The zero-order valence-corrected chi connectivity index (χ0v) is 13.7. The highest BCUT2D eigenvalue weighted by molar-refractivity contribution is 5.79. The normalized spacial score (nSPS) is 16.5. The summed E-state index contributed by atoms with van der Waals surface area (Å²) in [5.41, 5.74) is 1.15. The second-order valence-electron chi connectivity index (χ2n) is 5.79. The van der Waals surface area contributed by atoms with E-state index < -0.39 is 0 Å². The van der Waals surface area contributed by atoms with E-state index in [2.05, 4.69) is 51.1 Å². The fraction of sp³-hybridized carbons (Fsp3) is 0.529. The number of piperidine rings is 1. The van der Waals surface area contributed by atoms with Gasteiger partial charge in [-0.25, -0.2) is 4.98 Å². The van der Waals surface area contributed by atoms with Crippen LogP contribution in [0.15, 0.2) is 36.0 Å². The molecule has 5 heteroatoms. The van der Waals surface area contributed by atoms with Crippen LogP contribution in [0.1, 0.15) is 25.3 Å². The first kappa shape index (κ1) is 16.3. The Balaban J connectivity index is 1.85. The van der Waals surface area contributed by atoms with Gasteiger partial charge < -0.3 is 15.5 Å². The quantitative estimate of drug-likeness (QED) is 0.497. The van der Waals surface area contributed by atoms with E-state index >= 15 is 0 Å². The Morgan fingerprint density at radius 3 is 2.77 bits per heavy atom. The Morgan fingerprint density at radius 2 is 2.18 bits per heavy atom. The molecule has 120 valence electrons. The molecule has 1 fully saturated rings. The molecule has 0 amide bonds. The number of rotatable bonds is 5. The SMILES string of the molecule is C=CCNC(=NC)NCc1ccc(N2CCC(C)CC2)nc1. The molecule has 0 bridgehead atoms. The van der Waals surface area contributed by atoms with Crippen LogP contribution in [0.2, 0.25) is 0 Å². The Kier molecular flexibility index (Phi) is 6.25. The fourth-order valence-electron chi connectivity index (χ4n) is 2.52. The van der Waals surface area contributed by atoms with Gasteiger partial charge in [-0.3, -0.25) is 4.99 Å². The number of aromatic nitrogens is 1. The van der Waals surface area contributed by atoms with Crippen LogP contribution >= 0.6 is 0 Å². The minimum atomic E-state index is 0.699. The third kappa shape index (κ3) is 4.76. The van der Waals surface area contributed by atoms with Crippen molar-refractivity contribution in [2.45, 2.75) is 26.3 Å². The van der Waals surface area contributed by atoms with Crippen molar-refractivity contribution in [3.63, 3.8) is 0 Å². The van der Waals surface area contributed by atoms with Crippen molar-refractivity contribution >= 4 is 11.8 Å². The lowest BCUT2D eigenvalue weighted by Gasteiger charge is -2.31. The zero-order valence-electron chi connectivity index (χ0n) is 13.7. The average Bonchev–Trinajstić information content (AvgIpc) is 2.56. The highest BCUT2D eigenvalue weighted by Gasteiger charge is 2.16. The summed E-state index contributed by atoms with van der Waals surface area (Å²) in [6, 6.07) is 4.25. The van der Waals surface area contributed by atoms with Gasteiger partial charge in [0, 0.05) is 39.4 Å². The Labute approximate surface area is 133 Å². The van der Waals surface area contributed by atoms with E-state index in [0.717, 1.165) is 36.3 Å². The van der Waals surface area contributed by atoms with E-state index in [1.54, 1.807) is 7.05 Å². The molecule has 2 N–H and O–H groups in total. The van der Waals surface area contributed by atoms with E-state index in [9.17, 15) is 0 Å². The van der Waals surface area contributed by atoms with Gasteiger partial charge in [0.25, 0.3) is 0 Å². The Morgan fingerprint density at radius 1 is 1.41 bits per heavy atom. The van der Waals surface area contributed by atoms with Gasteiger partial charge in [0.2, 0.25) is 0 Å². The number of guanidine groups is 1. The summed E-state index contributed by atoms with van der Waals surface area (Å²) in [5.74, 6) is 2.70. The van der Waals surface area contributed by atoms with Crippen molar-refractivity contribution in [3.05, 3.63) is 36.5 Å². The van der Waals surface area contributed by atoms with Gasteiger partial charge >= 0.3 is 0 Å². The fourth-order valence-corrected chi connectivity index (χ4v) is 2.52. The first-order valence-corrected chi connectivity index (χ1v) is 7.98. The summed E-state index contributed by atoms with van der Waals surface area (Å²) in [6.45, 7) is 9.65. The van der Waals surface area contributed by atoms with Crippen molar-refractivity contribution in [3.8, 4) is 0 Å². The van der Waals surface area contributed by atoms with E-state index in [-0.39, 0.29) is 0 Å². The van der Waals surface area contributed by atoms with Crippen LogP contribution in [0, 0.1) is 5.92 Å². The van der Waals surface area contributed by atoms with Crippen molar-refractivity contribution < 1.29 is 0 Å². The Hall–Kier alpha value is -2.04. The molecule has 1 aliphatic heterocycles. The molecule has 1 aromatic rings.